The average Bonchev–Trinajstić information content (AvgIpc) is 2.83. The van der Waals surface area contributed by atoms with E-state index in [1.54, 1.807) is 0 Å². The second-order valence-electron chi connectivity index (χ2n) is 4.31. The lowest BCUT2D eigenvalue weighted by molar-refractivity contribution is 0.191. The standard InChI is InChI=1S/C9H15N3O4S/c1-5(17(2,14)15)8-11-9(16-12-8)7-3-6(13)4-10-7/h5-7,10,13H,3-4H2,1-2H3/t5?,6-,7+/m0/s1. The van der Waals surface area contributed by atoms with Crippen molar-refractivity contribution in [1.29, 1.82) is 0 Å². The molecule has 1 fully saturated rings. The van der Waals surface area contributed by atoms with Gasteiger partial charge in [0.25, 0.3) is 0 Å². The lowest BCUT2D eigenvalue weighted by atomic mass is 10.2. The highest BCUT2D eigenvalue weighted by molar-refractivity contribution is 7.90. The molecule has 0 saturated carbocycles. The van der Waals surface area contributed by atoms with E-state index in [1.165, 1.54) is 6.92 Å². The van der Waals surface area contributed by atoms with E-state index >= 15 is 0 Å². The van der Waals surface area contributed by atoms with Gasteiger partial charge in [-0.1, -0.05) is 5.16 Å². The van der Waals surface area contributed by atoms with Crippen molar-refractivity contribution in [3.05, 3.63) is 11.7 Å². The molecule has 8 heteroatoms. The van der Waals surface area contributed by atoms with Crippen LogP contribution in [0.5, 0.6) is 0 Å². The number of aromatic nitrogens is 2. The van der Waals surface area contributed by atoms with Crippen molar-refractivity contribution in [3.8, 4) is 0 Å². The molecule has 1 unspecified atom stereocenters. The summed E-state index contributed by atoms with van der Waals surface area (Å²) in [5.74, 6) is 0.484. The molecular formula is C9H15N3O4S. The van der Waals surface area contributed by atoms with Gasteiger partial charge in [0.1, 0.15) is 5.25 Å². The van der Waals surface area contributed by atoms with Crippen LogP contribution in [0.4, 0.5) is 0 Å². The summed E-state index contributed by atoms with van der Waals surface area (Å²) in [6.45, 7) is 1.99. The molecule has 1 aliphatic heterocycles. The average molecular weight is 261 g/mol. The van der Waals surface area contributed by atoms with Crippen molar-refractivity contribution in [2.75, 3.05) is 12.8 Å². The predicted octanol–water partition coefficient (Wildman–Crippen LogP) is -0.429. The zero-order valence-electron chi connectivity index (χ0n) is 9.62. The number of rotatable bonds is 3. The Bertz CT molecular complexity index is 498. The highest BCUT2D eigenvalue weighted by atomic mass is 32.2. The molecule has 7 nitrogen and oxygen atoms in total. The van der Waals surface area contributed by atoms with Gasteiger partial charge < -0.3 is 14.9 Å². The number of β-amino-alcohol motifs (C(OH)–C–C–N with tert-alkyl or cyclic N) is 1. The minimum absolute atomic E-state index is 0.158. The normalized spacial score (nSPS) is 27.2. The maximum atomic E-state index is 11.3. The van der Waals surface area contributed by atoms with Crippen molar-refractivity contribution >= 4 is 9.84 Å². The SMILES string of the molecule is CC(c1noc([C@H]2C[C@H](O)CN2)n1)S(C)(=O)=O. The fourth-order valence-corrected chi connectivity index (χ4v) is 2.13. The van der Waals surface area contributed by atoms with Gasteiger partial charge in [-0.2, -0.15) is 4.98 Å². The number of nitrogens with zero attached hydrogens (tertiary/aromatic N) is 2. The zero-order chi connectivity index (χ0) is 12.6. The van der Waals surface area contributed by atoms with Crippen LogP contribution < -0.4 is 5.32 Å². The van der Waals surface area contributed by atoms with Crippen LogP contribution in [0.2, 0.25) is 0 Å². The van der Waals surface area contributed by atoms with Crippen molar-refractivity contribution < 1.29 is 18.0 Å². The van der Waals surface area contributed by atoms with Crippen LogP contribution in [-0.4, -0.2) is 42.6 Å². The van der Waals surface area contributed by atoms with Crippen LogP contribution in [0.25, 0.3) is 0 Å². The van der Waals surface area contributed by atoms with Crippen LogP contribution in [0.3, 0.4) is 0 Å². The summed E-state index contributed by atoms with van der Waals surface area (Å²) in [6, 6.07) is -0.196. The summed E-state index contributed by atoms with van der Waals surface area (Å²) >= 11 is 0. The van der Waals surface area contributed by atoms with Crippen molar-refractivity contribution in [3.63, 3.8) is 0 Å². The molecule has 0 bridgehead atoms. The summed E-state index contributed by atoms with van der Waals surface area (Å²) in [5, 5.41) is 15.3. The maximum absolute atomic E-state index is 11.3. The van der Waals surface area contributed by atoms with Gasteiger partial charge in [-0.05, 0) is 13.3 Å². The number of hydrogen-bond donors (Lipinski definition) is 2. The minimum Gasteiger partial charge on any atom is -0.392 e. The fourth-order valence-electron chi connectivity index (χ4n) is 1.65. The number of nitrogens with one attached hydrogen (secondary N) is 1. The van der Waals surface area contributed by atoms with E-state index in [2.05, 4.69) is 15.5 Å². The number of aliphatic hydroxyl groups excluding tert-OH is 1. The van der Waals surface area contributed by atoms with Gasteiger partial charge >= 0.3 is 0 Å². The second kappa shape index (κ2) is 4.35. The van der Waals surface area contributed by atoms with Crippen LogP contribution >= 0.6 is 0 Å². The first kappa shape index (κ1) is 12.5. The second-order valence-corrected chi connectivity index (χ2v) is 6.68. The molecule has 2 rings (SSSR count). The molecule has 1 aromatic heterocycles. The van der Waals surface area contributed by atoms with E-state index in [4.69, 9.17) is 4.52 Å². The minimum atomic E-state index is -3.23. The van der Waals surface area contributed by atoms with Gasteiger partial charge in [0.2, 0.25) is 5.89 Å². The number of sulfone groups is 1. The molecule has 1 aliphatic rings. The smallest absolute Gasteiger partial charge is 0.243 e. The van der Waals surface area contributed by atoms with Gasteiger partial charge in [0.05, 0.1) is 12.1 Å². The third kappa shape index (κ3) is 2.64. The number of hydrogen-bond acceptors (Lipinski definition) is 7. The van der Waals surface area contributed by atoms with Crippen LogP contribution in [-0.2, 0) is 9.84 Å². The molecule has 17 heavy (non-hydrogen) atoms. The van der Waals surface area contributed by atoms with Crippen molar-refractivity contribution in [2.45, 2.75) is 30.7 Å². The Kier molecular flexibility index (Phi) is 3.19. The maximum Gasteiger partial charge on any atom is 0.243 e. The predicted molar refractivity (Wildman–Crippen MR) is 58.9 cm³/mol. The molecule has 0 aliphatic carbocycles. The highest BCUT2D eigenvalue weighted by Crippen LogP contribution is 2.24. The van der Waals surface area contributed by atoms with Crippen LogP contribution in [0, 0.1) is 0 Å². The van der Waals surface area contributed by atoms with Crippen molar-refractivity contribution in [2.24, 2.45) is 0 Å². The molecule has 0 aromatic carbocycles. The monoisotopic (exact) mass is 261 g/mol. The molecule has 0 spiro atoms. The van der Waals surface area contributed by atoms with E-state index in [9.17, 15) is 13.5 Å². The van der Waals surface area contributed by atoms with Crippen LogP contribution in [0.15, 0.2) is 4.52 Å². The highest BCUT2D eigenvalue weighted by Gasteiger charge is 2.30. The molecule has 2 heterocycles. The lowest BCUT2D eigenvalue weighted by Gasteiger charge is -2.03. The molecule has 96 valence electrons. The van der Waals surface area contributed by atoms with Crippen LogP contribution in [0.1, 0.15) is 36.4 Å². The Balaban J connectivity index is 2.16. The Morgan fingerprint density at radius 2 is 2.29 bits per heavy atom. The first-order chi connectivity index (χ1) is 7.88. The largest absolute Gasteiger partial charge is 0.392 e. The molecular weight excluding hydrogens is 246 g/mol. The van der Waals surface area contributed by atoms with E-state index in [0.717, 1.165) is 6.26 Å². The lowest BCUT2D eigenvalue weighted by Crippen LogP contribution is -2.15. The molecule has 2 N–H and O–H groups in total. The Labute approximate surface area is 99.1 Å². The van der Waals surface area contributed by atoms with Gasteiger partial charge in [0, 0.05) is 12.8 Å². The zero-order valence-corrected chi connectivity index (χ0v) is 10.4. The summed E-state index contributed by atoms with van der Waals surface area (Å²) in [6.07, 6.45) is 1.20. The third-order valence-electron chi connectivity index (χ3n) is 2.87. The summed E-state index contributed by atoms with van der Waals surface area (Å²) in [4.78, 5) is 4.06. The molecule has 1 aromatic rings. The Hall–Kier alpha value is -0.990. The van der Waals surface area contributed by atoms with Gasteiger partial charge in [-0.15, -0.1) is 0 Å². The van der Waals surface area contributed by atoms with E-state index < -0.39 is 21.2 Å². The quantitative estimate of drug-likeness (QED) is 0.760. The van der Waals surface area contributed by atoms with Gasteiger partial charge in [-0.25, -0.2) is 8.42 Å². The summed E-state index contributed by atoms with van der Waals surface area (Å²) < 4.78 is 27.7. The Morgan fingerprint density at radius 3 is 2.82 bits per heavy atom. The Morgan fingerprint density at radius 1 is 1.59 bits per heavy atom. The molecule has 1 saturated heterocycles. The van der Waals surface area contributed by atoms with Gasteiger partial charge in [-0.3, -0.25) is 0 Å². The molecule has 3 atom stereocenters. The topological polar surface area (TPSA) is 105 Å². The van der Waals surface area contributed by atoms with E-state index in [1.807, 2.05) is 0 Å². The van der Waals surface area contributed by atoms with Crippen molar-refractivity contribution in [1.82, 2.24) is 15.5 Å². The first-order valence-corrected chi connectivity index (χ1v) is 7.27. The fraction of sp³-hybridized carbons (Fsp3) is 0.778. The number of aliphatic hydroxyl groups is 1. The van der Waals surface area contributed by atoms with Gasteiger partial charge in [0.15, 0.2) is 15.7 Å². The summed E-state index contributed by atoms with van der Waals surface area (Å²) in [5.41, 5.74) is 0. The third-order valence-corrected chi connectivity index (χ3v) is 4.36. The molecule has 0 radical (unpaired) electrons. The first-order valence-electron chi connectivity index (χ1n) is 5.31. The summed E-state index contributed by atoms with van der Waals surface area (Å²) in [7, 11) is -3.23. The van der Waals surface area contributed by atoms with E-state index in [-0.39, 0.29) is 11.9 Å². The van der Waals surface area contributed by atoms with E-state index in [0.29, 0.717) is 18.9 Å². The molecule has 0 amide bonds.